The molecule has 1 aromatic heterocycles. The number of carbonyl (C=O) groups is 1. The third-order valence-corrected chi connectivity index (χ3v) is 9.37. The molecule has 3 aromatic rings. The number of halogens is 1. The number of ether oxygens (including phenoxy) is 2. The van der Waals surface area contributed by atoms with Crippen LogP contribution in [0.25, 0.3) is 10.1 Å². The lowest BCUT2D eigenvalue weighted by Gasteiger charge is -2.11. The third kappa shape index (κ3) is 6.77. The summed E-state index contributed by atoms with van der Waals surface area (Å²) in [5.41, 5.74) is 2.75. The molecule has 0 unspecified atom stereocenters. The van der Waals surface area contributed by atoms with Crippen LogP contribution in [0.1, 0.15) is 29.5 Å². The van der Waals surface area contributed by atoms with Crippen molar-refractivity contribution in [1.82, 2.24) is 5.32 Å². The van der Waals surface area contributed by atoms with Crippen LogP contribution in [0.15, 0.2) is 40.6 Å². The van der Waals surface area contributed by atoms with E-state index in [4.69, 9.17) is 4.74 Å². The summed E-state index contributed by atoms with van der Waals surface area (Å²) >= 11 is 1.20. The average Bonchev–Trinajstić information content (AvgIpc) is 3.14. The first-order chi connectivity index (χ1) is 16.2. The minimum Gasteiger partial charge on any atom is -0.492 e. The van der Waals surface area contributed by atoms with Crippen LogP contribution in [0.5, 0.6) is 5.75 Å². The first-order valence-corrected chi connectivity index (χ1v) is 13.6. The summed E-state index contributed by atoms with van der Waals surface area (Å²) < 4.78 is 50.6. The molecule has 0 saturated carbocycles. The van der Waals surface area contributed by atoms with Crippen LogP contribution in [0.4, 0.5) is 4.39 Å². The minimum atomic E-state index is -3.43. The minimum absolute atomic E-state index is 0.0310. The smallest absolute Gasteiger partial charge is 0.305 e. The molecule has 9 heteroatoms. The molecule has 6 nitrogen and oxygen atoms in total. The highest BCUT2D eigenvalue weighted by atomic mass is 32.2. The number of aryl methyl sites for hydroxylation is 3. The molecule has 0 aliphatic rings. The molecule has 0 amide bonds. The van der Waals surface area contributed by atoms with Gasteiger partial charge in [-0.1, -0.05) is 6.07 Å². The van der Waals surface area contributed by atoms with Crippen LogP contribution in [0.2, 0.25) is 0 Å². The number of nitrogens with one attached hydrogen (secondary N) is 1. The molecule has 0 aliphatic heterocycles. The number of fused-ring (bicyclic) bond motifs is 1. The van der Waals surface area contributed by atoms with E-state index in [9.17, 15) is 17.6 Å². The Morgan fingerprint density at radius 1 is 1.12 bits per heavy atom. The summed E-state index contributed by atoms with van der Waals surface area (Å²) in [5.74, 6) is 0.185. The van der Waals surface area contributed by atoms with Crippen LogP contribution >= 0.6 is 11.3 Å². The summed E-state index contributed by atoms with van der Waals surface area (Å²) in [5, 5.41) is 3.86. The molecule has 1 heterocycles. The standard InChI is InChI=1S/C25H30FNO5S2/c1-17-15-21(8-5-19(17)6-10-24(28)31-3)32-13-12-27-11-4-14-34(29,30)25-18(2)22-16-20(26)7-9-23(22)33-25/h5,7-9,15-16,27H,4,6,10-14H2,1-3H3. The van der Waals surface area contributed by atoms with E-state index in [1.165, 1.54) is 30.6 Å². The number of sulfone groups is 1. The van der Waals surface area contributed by atoms with Gasteiger partial charge >= 0.3 is 5.97 Å². The van der Waals surface area contributed by atoms with Gasteiger partial charge in [0.2, 0.25) is 0 Å². The second kappa shape index (κ2) is 11.8. The molecule has 0 radical (unpaired) electrons. The van der Waals surface area contributed by atoms with Crippen molar-refractivity contribution in [3.8, 4) is 5.75 Å². The van der Waals surface area contributed by atoms with Crippen molar-refractivity contribution >= 4 is 37.2 Å². The van der Waals surface area contributed by atoms with E-state index < -0.39 is 9.84 Å². The summed E-state index contributed by atoms with van der Waals surface area (Å²) in [6, 6.07) is 10.1. The van der Waals surface area contributed by atoms with Crippen LogP contribution in [-0.2, 0) is 25.8 Å². The van der Waals surface area contributed by atoms with Gasteiger partial charge < -0.3 is 14.8 Å². The van der Waals surface area contributed by atoms with Gasteiger partial charge in [0.25, 0.3) is 0 Å². The topological polar surface area (TPSA) is 81.7 Å². The summed E-state index contributed by atoms with van der Waals surface area (Å²) in [4.78, 5) is 11.3. The van der Waals surface area contributed by atoms with E-state index >= 15 is 0 Å². The number of carbonyl (C=O) groups excluding carboxylic acids is 1. The van der Waals surface area contributed by atoms with Crippen LogP contribution in [0.3, 0.4) is 0 Å². The second-order valence-electron chi connectivity index (χ2n) is 8.09. The molecule has 1 N–H and O–H groups in total. The van der Waals surface area contributed by atoms with E-state index in [0.717, 1.165) is 21.6 Å². The van der Waals surface area contributed by atoms with Gasteiger partial charge in [0.05, 0.1) is 12.9 Å². The lowest BCUT2D eigenvalue weighted by Crippen LogP contribution is -2.23. The lowest BCUT2D eigenvalue weighted by atomic mass is 10.0. The Hall–Kier alpha value is -2.49. The Morgan fingerprint density at radius 3 is 2.65 bits per heavy atom. The normalized spacial score (nSPS) is 11.6. The molecule has 2 aromatic carbocycles. The van der Waals surface area contributed by atoms with Gasteiger partial charge in [0.1, 0.15) is 22.4 Å². The van der Waals surface area contributed by atoms with Gasteiger partial charge in [-0.25, -0.2) is 12.8 Å². The van der Waals surface area contributed by atoms with Gasteiger partial charge in [-0.3, -0.25) is 4.79 Å². The van der Waals surface area contributed by atoms with Crippen LogP contribution < -0.4 is 10.1 Å². The predicted molar refractivity (Wildman–Crippen MR) is 133 cm³/mol. The largest absolute Gasteiger partial charge is 0.492 e. The first kappa shape index (κ1) is 26.1. The maximum atomic E-state index is 13.5. The highest BCUT2D eigenvalue weighted by Crippen LogP contribution is 2.35. The molecule has 0 aliphatic carbocycles. The molecule has 184 valence electrons. The number of benzene rings is 2. The van der Waals surface area contributed by atoms with E-state index in [0.29, 0.717) is 54.1 Å². The van der Waals surface area contributed by atoms with Gasteiger partial charge in [-0.05, 0) is 85.6 Å². The van der Waals surface area contributed by atoms with Gasteiger partial charge in [-0.15, -0.1) is 11.3 Å². The number of rotatable bonds is 12. The van der Waals surface area contributed by atoms with Gasteiger partial charge in [0, 0.05) is 17.7 Å². The highest BCUT2D eigenvalue weighted by Gasteiger charge is 2.21. The number of methoxy groups -OCH3 is 1. The van der Waals surface area contributed by atoms with Crippen molar-refractivity contribution in [2.24, 2.45) is 0 Å². The first-order valence-electron chi connectivity index (χ1n) is 11.1. The van der Waals surface area contributed by atoms with Crippen molar-refractivity contribution in [3.63, 3.8) is 0 Å². The summed E-state index contributed by atoms with van der Waals surface area (Å²) in [6.07, 6.45) is 1.44. The maximum Gasteiger partial charge on any atom is 0.305 e. The van der Waals surface area contributed by atoms with Crippen molar-refractivity contribution in [1.29, 1.82) is 0 Å². The highest BCUT2D eigenvalue weighted by molar-refractivity contribution is 7.93. The zero-order valence-electron chi connectivity index (χ0n) is 19.6. The SMILES string of the molecule is COC(=O)CCc1ccc(OCCNCCCS(=O)(=O)c2sc3ccc(F)cc3c2C)cc1C. The van der Waals surface area contributed by atoms with E-state index in [-0.39, 0.29) is 17.5 Å². The molecular weight excluding hydrogens is 477 g/mol. The maximum absolute atomic E-state index is 13.5. The van der Waals surface area contributed by atoms with E-state index in [2.05, 4.69) is 10.1 Å². The Morgan fingerprint density at radius 2 is 1.91 bits per heavy atom. The zero-order valence-corrected chi connectivity index (χ0v) is 21.3. The van der Waals surface area contributed by atoms with Crippen molar-refractivity contribution in [3.05, 3.63) is 58.9 Å². The molecule has 0 saturated heterocycles. The molecule has 0 bridgehead atoms. The average molecular weight is 508 g/mol. The monoisotopic (exact) mass is 507 g/mol. The van der Waals surface area contributed by atoms with Crippen molar-refractivity contribution < 1.29 is 27.1 Å². The molecule has 0 fully saturated rings. The number of hydrogen-bond acceptors (Lipinski definition) is 7. The molecular formula is C25H30FNO5S2. The van der Waals surface area contributed by atoms with E-state index in [1.54, 1.807) is 13.0 Å². The van der Waals surface area contributed by atoms with Gasteiger partial charge in [-0.2, -0.15) is 0 Å². The number of hydrogen-bond donors (Lipinski definition) is 1. The molecule has 34 heavy (non-hydrogen) atoms. The lowest BCUT2D eigenvalue weighted by molar-refractivity contribution is -0.140. The van der Waals surface area contributed by atoms with Crippen molar-refractivity contribution in [2.75, 3.05) is 32.6 Å². The fourth-order valence-corrected chi connectivity index (χ4v) is 6.93. The second-order valence-corrected chi connectivity index (χ2v) is 11.4. The summed E-state index contributed by atoms with van der Waals surface area (Å²) in [6.45, 7) is 5.30. The molecule has 3 rings (SSSR count). The number of thiophene rings is 1. The fraction of sp³-hybridized carbons (Fsp3) is 0.400. The Kier molecular flexibility index (Phi) is 9.04. The summed E-state index contributed by atoms with van der Waals surface area (Å²) in [7, 11) is -2.04. The van der Waals surface area contributed by atoms with Crippen LogP contribution in [-0.4, -0.2) is 46.9 Å². The third-order valence-electron chi connectivity index (χ3n) is 5.59. The predicted octanol–water partition coefficient (Wildman–Crippen LogP) is 4.60. The van der Waals surface area contributed by atoms with Crippen LogP contribution in [0, 0.1) is 19.7 Å². The number of esters is 1. The Bertz CT molecular complexity index is 1250. The van der Waals surface area contributed by atoms with Crippen molar-refractivity contribution in [2.45, 2.75) is 37.3 Å². The Labute approximate surface area is 204 Å². The van der Waals surface area contributed by atoms with Gasteiger partial charge in [0.15, 0.2) is 9.84 Å². The molecule has 0 spiro atoms. The zero-order chi connectivity index (χ0) is 24.7. The Balaban J connectivity index is 1.40. The fourth-order valence-electron chi connectivity index (χ4n) is 3.69. The quantitative estimate of drug-likeness (QED) is 0.285. The van der Waals surface area contributed by atoms with E-state index in [1.807, 2.05) is 25.1 Å². The molecule has 0 atom stereocenters.